The fourth-order valence-electron chi connectivity index (χ4n) is 2.50. The number of aliphatic hydroxyl groups is 1. The van der Waals surface area contributed by atoms with Crippen LogP contribution in [0, 0.1) is 5.82 Å². The number of alkyl halides is 3. The maximum atomic E-state index is 13.1. The normalized spacial score (nSPS) is 18.4. The molecule has 0 aromatic heterocycles. The van der Waals surface area contributed by atoms with Crippen LogP contribution in [-0.4, -0.2) is 5.11 Å². The molecule has 1 aliphatic rings. The summed E-state index contributed by atoms with van der Waals surface area (Å²) in [5.41, 5.74) is -0.776. The molecule has 110 valence electrons. The highest BCUT2D eigenvalue weighted by atomic mass is 19.4. The molecule has 0 spiro atoms. The third-order valence-electron chi connectivity index (χ3n) is 3.54. The highest BCUT2D eigenvalue weighted by molar-refractivity contribution is 5.36. The van der Waals surface area contributed by atoms with E-state index in [0.717, 1.165) is 37.8 Å². The van der Waals surface area contributed by atoms with Crippen LogP contribution >= 0.6 is 0 Å². The van der Waals surface area contributed by atoms with Gasteiger partial charge >= 0.3 is 6.18 Å². The molecular weight excluding hydrogens is 272 g/mol. The van der Waals surface area contributed by atoms with Gasteiger partial charge in [0, 0.05) is 0 Å². The smallest absolute Gasteiger partial charge is 0.384 e. The second-order valence-corrected chi connectivity index (χ2v) is 5.01. The Morgan fingerprint density at radius 1 is 1.10 bits per heavy atom. The van der Waals surface area contributed by atoms with E-state index in [1.54, 1.807) is 6.08 Å². The quantitative estimate of drug-likeness (QED) is 0.614. The first-order valence-corrected chi connectivity index (χ1v) is 6.63. The molecule has 0 fully saturated rings. The molecule has 1 aliphatic carbocycles. The first-order chi connectivity index (χ1) is 9.39. The summed E-state index contributed by atoms with van der Waals surface area (Å²) in [7, 11) is 0. The lowest BCUT2D eigenvalue weighted by Crippen LogP contribution is -2.14. The van der Waals surface area contributed by atoms with E-state index < -0.39 is 23.7 Å². The van der Waals surface area contributed by atoms with Crippen molar-refractivity contribution >= 4 is 0 Å². The van der Waals surface area contributed by atoms with Gasteiger partial charge in [-0.3, -0.25) is 0 Å². The van der Waals surface area contributed by atoms with Gasteiger partial charge < -0.3 is 5.11 Å². The maximum Gasteiger partial charge on any atom is 0.416 e. The van der Waals surface area contributed by atoms with Crippen molar-refractivity contribution in [1.29, 1.82) is 0 Å². The Hall–Kier alpha value is -1.36. The molecule has 0 amide bonds. The second kappa shape index (κ2) is 5.95. The number of halogens is 4. The third kappa shape index (κ3) is 3.39. The SMILES string of the molecule is OC(C1=CCCCCC1)c1ccc(F)cc1C(F)(F)F. The van der Waals surface area contributed by atoms with Crippen LogP contribution in [0.25, 0.3) is 0 Å². The van der Waals surface area contributed by atoms with E-state index in [4.69, 9.17) is 0 Å². The second-order valence-electron chi connectivity index (χ2n) is 5.01. The average Bonchev–Trinajstić information content (AvgIpc) is 2.65. The first kappa shape index (κ1) is 15.0. The van der Waals surface area contributed by atoms with Crippen LogP contribution in [0.1, 0.15) is 49.3 Å². The molecule has 0 heterocycles. The molecule has 1 N–H and O–H groups in total. The molecule has 1 nitrogen and oxygen atoms in total. The largest absolute Gasteiger partial charge is 0.416 e. The first-order valence-electron chi connectivity index (χ1n) is 6.63. The molecule has 0 saturated carbocycles. The van der Waals surface area contributed by atoms with Crippen molar-refractivity contribution in [2.75, 3.05) is 0 Å². The maximum absolute atomic E-state index is 13.1. The Balaban J connectivity index is 2.38. The molecule has 0 aliphatic heterocycles. The molecule has 0 bridgehead atoms. The van der Waals surface area contributed by atoms with Gasteiger partial charge in [0.15, 0.2) is 0 Å². The number of hydrogen-bond donors (Lipinski definition) is 1. The molecule has 1 unspecified atom stereocenters. The summed E-state index contributed by atoms with van der Waals surface area (Å²) in [5.74, 6) is -0.955. The van der Waals surface area contributed by atoms with Crippen molar-refractivity contribution in [1.82, 2.24) is 0 Å². The zero-order valence-electron chi connectivity index (χ0n) is 10.9. The van der Waals surface area contributed by atoms with Gasteiger partial charge in [-0.2, -0.15) is 13.2 Å². The predicted molar refractivity (Wildman–Crippen MR) is 67.5 cm³/mol. The zero-order chi connectivity index (χ0) is 14.8. The van der Waals surface area contributed by atoms with Crippen LogP contribution in [0.2, 0.25) is 0 Å². The Kier molecular flexibility index (Phi) is 4.48. The van der Waals surface area contributed by atoms with E-state index in [1.165, 1.54) is 0 Å². The van der Waals surface area contributed by atoms with Gasteiger partial charge in [-0.25, -0.2) is 4.39 Å². The zero-order valence-corrected chi connectivity index (χ0v) is 10.9. The lowest BCUT2D eigenvalue weighted by atomic mass is 9.93. The number of allylic oxidation sites excluding steroid dienone is 1. The molecule has 1 aromatic carbocycles. The highest BCUT2D eigenvalue weighted by Gasteiger charge is 2.36. The number of hydrogen-bond acceptors (Lipinski definition) is 1. The minimum Gasteiger partial charge on any atom is -0.384 e. The minimum absolute atomic E-state index is 0.271. The van der Waals surface area contributed by atoms with Crippen molar-refractivity contribution in [3.63, 3.8) is 0 Å². The molecule has 1 atom stereocenters. The van der Waals surface area contributed by atoms with Gasteiger partial charge in [0.2, 0.25) is 0 Å². The van der Waals surface area contributed by atoms with Crippen LogP contribution in [-0.2, 0) is 6.18 Å². The number of benzene rings is 1. The van der Waals surface area contributed by atoms with E-state index in [0.29, 0.717) is 18.1 Å². The highest BCUT2D eigenvalue weighted by Crippen LogP contribution is 2.38. The number of aliphatic hydroxyl groups excluding tert-OH is 1. The van der Waals surface area contributed by atoms with E-state index >= 15 is 0 Å². The lowest BCUT2D eigenvalue weighted by molar-refractivity contribution is -0.139. The summed E-state index contributed by atoms with van der Waals surface area (Å²) >= 11 is 0. The van der Waals surface area contributed by atoms with Crippen molar-refractivity contribution in [2.24, 2.45) is 0 Å². The summed E-state index contributed by atoms with van der Waals surface area (Å²) in [6.07, 6.45) is -0.0138. The summed E-state index contributed by atoms with van der Waals surface area (Å²) in [4.78, 5) is 0. The molecular formula is C15H16F4O. The van der Waals surface area contributed by atoms with E-state index in [9.17, 15) is 22.7 Å². The fourth-order valence-corrected chi connectivity index (χ4v) is 2.50. The Labute approximate surface area is 114 Å². The van der Waals surface area contributed by atoms with Crippen molar-refractivity contribution in [2.45, 2.75) is 44.4 Å². The van der Waals surface area contributed by atoms with Crippen LogP contribution in [0.3, 0.4) is 0 Å². The molecule has 2 rings (SSSR count). The predicted octanol–water partition coefficient (Wildman–Crippen LogP) is 4.77. The summed E-state index contributed by atoms with van der Waals surface area (Å²) in [5, 5.41) is 10.2. The summed E-state index contributed by atoms with van der Waals surface area (Å²) in [6.45, 7) is 0. The monoisotopic (exact) mass is 288 g/mol. The van der Waals surface area contributed by atoms with E-state index in [2.05, 4.69) is 0 Å². The fraction of sp³-hybridized carbons (Fsp3) is 0.467. The van der Waals surface area contributed by atoms with Crippen LogP contribution < -0.4 is 0 Å². The summed E-state index contributed by atoms with van der Waals surface area (Å²) in [6, 6.07) is 2.41. The van der Waals surface area contributed by atoms with Crippen molar-refractivity contribution in [3.8, 4) is 0 Å². The lowest BCUT2D eigenvalue weighted by Gasteiger charge is -2.20. The van der Waals surface area contributed by atoms with Crippen molar-refractivity contribution < 1.29 is 22.7 Å². The van der Waals surface area contributed by atoms with Crippen LogP contribution in [0.15, 0.2) is 29.8 Å². The van der Waals surface area contributed by atoms with Gasteiger partial charge in [-0.15, -0.1) is 0 Å². The Bertz CT molecular complexity index is 505. The molecule has 20 heavy (non-hydrogen) atoms. The van der Waals surface area contributed by atoms with E-state index in [1.807, 2.05) is 0 Å². The van der Waals surface area contributed by atoms with Gasteiger partial charge in [0.1, 0.15) is 11.9 Å². The molecule has 0 saturated heterocycles. The molecule has 1 aromatic rings. The molecule has 0 radical (unpaired) electrons. The Morgan fingerprint density at radius 3 is 2.55 bits per heavy atom. The van der Waals surface area contributed by atoms with Crippen molar-refractivity contribution in [3.05, 3.63) is 46.8 Å². The van der Waals surface area contributed by atoms with Crippen LogP contribution in [0.5, 0.6) is 0 Å². The third-order valence-corrected chi connectivity index (χ3v) is 3.54. The standard InChI is InChI=1S/C15H16F4O/c16-11-7-8-12(13(9-11)15(17,18)19)14(20)10-5-3-1-2-4-6-10/h5,7-9,14,20H,1-4,6H2. The van der Waals surface area contributed by atoms with E-state index in [-0.39, 0.29) is 5.56 Å². The number of rotatable bonds is 2. The Morgan fingerprint density at radius 2 is 1.85 bits per heavy atom. The minimum atomic E-state index is -4.68. The van der Waals surface area contributed by atoms with Gasteiger partial charge in [0.05, 0.1) is 5.56 Å². The molecule has 5 heteroatoms. The summed E-state index contributed by atoms with van der Waals surface area (Å²) < 4.78 is 51.9. The van der Waals surface area contributed by atoms with Crippen LogP contribution in [0.4, 0.5) is 17.6 Å². The van der Waals surface area contributed by atoms with Gasteiger partial charge in [-0.05, 0) is 49.0 Å². The average molecular weight is 288 g/mol. The van der Waals surface area contributed by atoms with Gasteiger partial charge in [0.25, 0.3) is 0 Å². The topological polar surface area (TPSA) is 20.2 Å². The van der Waals surface area contributed by atoms with Gasteiger partial charge in [-0.1, -0.05) is 18.6 Å².